The Labute approximate surface area is 92.1 Å². The monoisotopic (exact) mass is 222 g/mol. The van der Waals surface area contributed by atoms with E-state index in [0.717, 1.165) is 11.1 Å². The van der Waals surface area contributed by atoms with Crippen LogP contribution in [0.2, 0.25) is 0 Å². The molecule has 0 spiro atoms. The molecular formula is C11H11ClN2O. The van der Waals surface area contributed by atoms with Crippen molar-refractivity contribution in [1.82, 2.24) is 10.2 Å². The van der Waals surface area contributed by atoms with Gasteiger partial charge in [-0.3, -0.25) is 9.89 Å². The quantitative estimate of drug-likeness (QED) is 0.791. The normalized spacial score (nSPS) is 10.8. The van der Waals surface area contributed by atoms with Crippen molar-refractivity contribution in [3.05, 3.63) is 39.7 Å². The molecule has 0 amide bonds. The molecule has 4 heteroatoms. The Hall–Kier alpha value is -1.35. The van der Waals surface area contributed by atoms with Gasteiger partial charge in [-0.25, -0.2) is 0 Å². The lowest BCUT2D eigenvalue weighted by atomic mass is 10.1. The molecule has 0 saturated carbocycles. The lowest BCUT2D eigenvalue weighted by Gasteiger charge is -2.02. The molecule has 15 heavy (non-hydrogen) atoms. The van der Waals surface area contributed by atoms with E-state index in [-0.39, 0.29) is 5.43 Å². The van der Waals surface area contributed by atoms with E-state index in [4.69, 9.17) is 11.6 Å². The van der Waals surface area contributed by atoms with Crippen LogP contribution >= 0.6 is 11.6 Å². The van der Waals surface area contributed by atoms with Gasteiger partial charge in [0.25, 0.3) is 0 Å². The van der Waals surface area contributed by atoms with E-state index < -0.39 is 0 Å². The van der Waals surface area contributed by atoms with Crippen molar-refractivity contribution in [2.75, 3.05) is 5.88 Å². The third-order valence-electron chi connectivity index (χ3n) is 2.41. The minimum Gasteiger partial charge on any atom is -0.287 e. The summed E-state index contributed by atoms with van der Waals surface area (Å²) in [5.41, 5.74) is 2.31. The topological polar surface area (TPSA) is 45.8 Å². The number of alkyl halides is 1. The Bertz CT molecular complexity index is 548. The predicted octanol–water partition coefficient (Wildman–Crippen LogP) is 2.01. The fourth-order valence-electron chi connectivity index (χ4n) is 1.59. The first kappa shape index (κ1) is 10.2. The zero-order chi connectivity index (χ0) is 10.8. The maximum absolute atomic E-state index is 11.9. The number of benzene rings is 1. The Morgan fingerprint density at radius 2 is 2.27 bits per heavy atom. The number of nitrogens with zero attached hydrogens (tertiary/aromatic N) is 1. The van der Waals surface area contributed by atoms with Crippen LogP contribution in [0.3, 0.4) is 0 Å². The molecule has 3 nitrogen and oxygen atoms in total. The number of aryl methyl sites for hydroxylation is 2. The summed E-state index contributed by atoms with van der Waals surface area (Å²) in [6.07, 6.45) is 0.501. The lowest BCUT2D eigenvalue weighted by molar-refractivity contribution is 0.931. The lowest BCUT2D eigenvalue weighted by Crippen LogP contribution is -2.14. The molecule has 2 aromatic rings. The second-order valence-corrected chi connectivity index (χ2v) is 3.81. The van der Waals surface area contributed by atoms with Crippen LogP contribution in [0.5, 0.6) is 0 Å². The van der Waals surface area contributed by atoms with E-state index in [0.29, 0.717) is 23.4 Å². The maximum atomic E-state index is 11.9. The summed E-state index contributed by atoms with van der Waals surface area (Å²) < 4.78 is 0. The molecule has 0 aliphatic carbocycles. The highest BCUT2D eigenvalue weighted by Gasteiger charge is 2.06. The average molecular weight is 223 g/mol. The van der Waals surface area contributed by atoms with Gasteiger partial charge in [0.1, 0.15) is 5.69 Å². The number of nitrogens with one attached hydrogen (secondary N) is 1. The molecule has 2 rings (SSSR count). The molecule has 0 aliphatic heterocycles. The van der Waals surface area contributed by atoms with E-state index in [9.17, 15) is 4.79 Å². The standard InChI is InChI=1S/C11H11ClN2O/c1-7-3-2-4-8-10(7)14-13-9(5-6-12)11(8)15/h2-4H,5-6H2,1H3,(H,14,15). The first-order valence-electron chi connectivity index (χ1n) is 4.77. The van der Waals surface area contributed by atoms with E-state index in [1.807, 2.05) is 19.1 Å². The zero-order valence-corrected chi connectivity index (χ0v) is 9.14. The van der Waals surface area contributed by atoms with Crippen LogP contribution < -0.4 is 5.43 Å². The van der Waals surface area contributed by atoms with Crippen molar-refractivity contribution in [3.8, 4) is 0 Å². The van der Waals surface area contributed by atoms with Gasteiger partial charge in [-0.05, 0) is 18.6 Å². The molecular weight excluding hydrogens is 212 g/mol. The van der Waals surface area contributed by atoms with E-state index in [2.05, 4.69) is 10.2 Å². The highest BCUT2D eigenvalue weighted by atomic mass is 35.5. The van der Waals surface area contributed by atoms with Gasteiger partial charge in [-0.2, -0.15) is 5.10 Å². The Morgan fingerprint density at radius 3 is 3.00 bits per heavy atom. The summed E-state index contributed by atoms with van der Waals surface area (Å²) in [7, 11) is 0. The van der Waals surface area contributed by atoms with Gasteiger partial charge in [-0.15, -0.1) is 11.6 Å². The van der Waals surface area contributed by atoms with Crippen LogP contribution in [0.1, 0.15) is 11.3 Å². The minimum atomic E-state index is -0.0203. The summed E-state index contributed by atoms with van der Waals surface area (Å²) in [4.78, 5) is 11.9. The van der Waals surface area contributed by atoms with E-state index in [1.54, 1.807) is 6.07 Å². The minimum absolute atomic E-state index is 0.0203. The number of hydrogen-bond donors (Lipinski definition) is 1. The van der Waals surface area contributed by atoms with Gasteiger partial charge in [0.15, 0.2) is 0 Å². The van der Waals surface area contributed by atoms with Crippen molar-refractivity contribution < 1.29 is 0 Å². The van der Waals surface area contributed by atoms with Gasteiger partial charge in [0.05, 0.1) is 5.52 Å². The first-order chi connectivity index (χ1) is 7.24. The second-order valence-electron chi connectivity index (χ2n) is 3.44. The van der Waals surface area contributed by atoms with Crippen molar-refractivity contribution in [2.24, 2.45) is 0 Å². The van der Waals surface area contributed by atoms with E-state index in [1.165, 1.54) is 0 Å². The second kappa shape index (κ2) is 4.03. The number of H-pyrrole nitrogens is 1. The molecule has 1 N–H and O–H groups in total. The summed E-state index contributed by atoms with van der Waals surface area (Å²) in [6, 6.07) is 5.62. The smallest absolute Gasteiger partial charge is 0.211 e. The summed E-state index contributed by atoms with van der Waals surface area (Å²) >= 11 is 5.60. The Kier molecular flexibility index (Phi) is 2.73. The fourth-order valence-corrected chi connectivity index (χ4v) is 1.77. The number of rotatable bonds is 2. The number of hydrogen-bond acceptors (Lipinski definition) is 2. The SMILES string of the molecule is Cc1cccc2c(=O)c(CCCl)n[nH]c12. The van der Waals surface area contributed by atoms with Gasteiger partial charge in [0, 0.05) is 17.7 Å². The molecule has 0 saturated heterocycles. The van der Waals surface area contributed by atoms with Crippen LogP contribution in [0.15, 0.2) is 23.0 Å². The summed E-state index contributed by atoms with van der Waals surface area (Å²) in [5.74, 6) is 0.410. The maximum Gasteiger partial charge on any atom is 0.211 e. The third-order valence-corrected chi connectivity index (χ3v) is 2.60. The molecule has 0 atom stereocenters. The summed E-state index contributed by atoms with van der Waals surface area (Å²) in [6.45, 7) is 1.95. The van der Waals surface area contributed by atoms with Gasteiger partial charge >= 0.3 is 0 Å². The third kappa shape index (κ3) is 1.75. The summed E-state index contributed by atoms with van der Waals surface area (Å²) in [5, 5.41) is 7.63. The van der Waals surface area contributed by atoms with Gasteiger partial charge < -0.3 is 0 Å². The van der Waals surface area contributed by atoms with Crippen molar-refractivity contribution in [3.63, 3.8) is 0 Å². The molecule has 0 unspecified atom stereocenters. The highest BCUT2D eigenvalue weighted by Crippen LogP contribution is 2.11. The van der Waals surface area contributed by atoms with Crippen LogP contribution in [-0.4, -0.2) is 16.1 Å². The number of para-hydroxylation sites is 1. The van der Waals surface area contributed by atoms with Crippen molar-refractivity contribution in [2.45, 2.75) is 13.3 Å². The molecule has 0 bridgehead atoms. The van der Waals surface area contributed by atoms with Gasteiger partial charge in [-0.1, -0.05) is 12.1 Å². The van der Waals surface area contributed by atoms with Crippen LogP contribution in [0.4, 0.5) is 0 Å². The number of aromatic amines is 1. The van der Waals surface area contributed by atoms with Gasteiger partial charge in [0.2, 0.25) is 5.43 Å². The number of fused-ring (bicyclic) bond motifs is 1. The first-order valence-corrected chi connectivity index (χ1v) is 5.30. The molecule has 1 aromatic carbocycles. The molecule has 78 valence electrons. The van der Waals surface area contributed by atoms with Crippen LogP contribution in [0.25, 0.3) is 10.9 Å². The van der Waals surface area contributed by atoms with Crippen LogP contribution in [-0.2, 0) is 6.42 Å². The van der Waals surface area contributed by atoms with Crippen LogP contribution in [0, 0.1) is 6.92 Å². The molecule has 1 aromatic heterocycles. The highest BCUT2D eigenvalue weighted by molar-refractivity contribution is 6.17. The van der Waals surface area contributed by atoms with Crippen molar-refractivity contribution >= 4 is 22.5 Å². The number of aromatic nitrogens is 2. The predicted molar refractivity (Wildman–Crippen MR) is 61.5 cm³/mol. The average Bonchev–Trinajstić information content (AvgIpc) is 2.23. The fraction of sp³-hybridized carbons (Fsp3) is 0.273. The Morgan fingerprint density at radius 1 is 1.47 bits per heavy atom. The molecule has 1 heterocycles. The number of halogens is 1. The largest absolute Gasteiger partial charge is 0.287 e. The molecule has 0 fully saturated rings. The van der Waals surface area contributed by atoms with Crippen molar-refractivity contribution in [1.29, 1.82) is 0 Å². The zero-order valence-electron chi connectivity index (χ0n) is 8.38. The van der Waals surface area contributed by atoms with E-state index >= 15 is 0 Å². The molecule has 0 radical (unpaired) electrons. The Balaban J connectivity index is 2.75. The molecule has 0 aliphatic rings.